The normalized spacial score (nSPS) is 12.2. The molecule has 9 nitrogen and oxygen atoms in total. The number of esters is 1. The van der Waals surface area contributed by atoms with Crippen LogP contribution in [0.5, 0.6) is 0 Å². The Morgan fingerprint density at radius 1 is 1.21 bits per heavy atom. The zero-order valence-electron chi connectivity index (χ0n) is 12.5. The molecule has 126 valence electrons. The summed E-state index contributed by atoms with van der Waals surface area (Å²) >= 11 is 0. The number of rotatable bonds is 5. The van der Waals surface area contributed by atoms with E-state index in [4.69, 9.17) is 9.88 Å². The number of sulfonamides is 1. The minimum atomic E-state index is -3.81. The van der Waals surface area contributed by atoms with Crippen molar-refractivity contribution in [1.29, 1.82) is 0 Å². The molecule has 2 rings (SSSR count). The van der Waals surface area contributed by atoms with Crippen LogP contribution in [0, 0.1) is 0 Å². The van der Waals surface area contributed by atoms with Gasteiger partial charge in [0.1, 0.15) is 0 Å². The van der Waals surface area contributed by atoms with Gasteiger partial charge < -0.3 is 10.1 Å². The third-order valence-electron chi connectivity index (χ3n) is 2.88. The fourth-order valence-electron chi connectivity index (χ4n) is 1.65. The summed E-state index contributed by atoms with van der Waals surface area (Å²) in [5.41, 5.74) is 0.310. The molecule has 1 aromatic carbocycles. The van der Waals surface area contributed by atoms with Gasteiger partial charge in [-0.1, -0.05) is 0 Å². The Labute approximate surface area is 137 Å². The largest absolute Gasteiger partial charge is 0.448 e. The molecule has 0 aliphatic rings. The van der Waals surface area contributed by atoms with Crippen LogP contribution in [0.15, 0.2) is 47.8 Å². The van der Waals surface area contributed by atoms with Crippen molar-refractivity contribution in [2.75, 3.05) is 5.32 Å². The Morgan fingerprint density at radius 2 is 1.88 bits per heavy atom. The molecule has 2 aromatic rings. The number of ether oxygens (including phenoxy) is 1. The number of carbonyl (C=O) groups excluding carboxylic acids is 2. The predicted molar refractivity (Wildman–Crippen MR) is 83.4 cm³/mol. The second kappa shape index (κ2) is 7.15. The lowest BCUT2D eigenvalue weighted by atomic mass is 10.3. The minimum absolute atomic E-state index is 0.0188. The maximum Gasteiger partial charge on any atom is 0.359 e. The van der Waals surface area contributed by atoms with Crippen LogP contribution < -0.4 is 10.5 Å². The fourth-order valence-corrected chi connectivity index (χ4v) is 2.17. The molecular weight excluding hydrogens is 336 g/mol. The molecule has 1 atom stereocenters. The van der Waals surface area contributed by atoms with E-state index >= 15 is 0 Å². The summed E-state index contributed by atoms with van der Waals surface area (Å²) in [6.07, 6.45) is 2.86. The van der Waals surface area contributed by atoms with E-state index in [9.17, 15) is 18.0 Å². The Bertz CT molecular complexity index is 837. The summed E-state index contributed by atoms with van der Waals surface area (Å²) in [5, 5.41) is 7.47. The van der Waals surface area contributed by atoms with Crippen LogP contribution in [0.4, 0.5) is 5.69 Å². The van der Waals surface area contributed by atoms with Crippen LogP contribution >= 0.6 is 0 Å². The number of nitrogens with one attached hydrogen (secondary N) is 1. The maximum absolute atomic E-state index is 12.0. The highest BCUT2D eigenvalue weighted by atomic mass is 32.2. The summed E-state index contributed by atoms with van der Waals surface area (Å²) < 4.78 is 27.3. The third-order valence-corrected chi connectivity index (χ3v) is 3.80. The van der Waals surface area contributed by atoms with Gasteiger partial charge in [-0.25, -0.2) is 23.3 Å². The number of nitrogens with two attached hydrogens (primary N) is 1. The first-order chi connectivity index (χ1) is 11.3. The van der Waals surface area contributed by atoms with Crippen molar-refractivity contribution in [2.24, 2.45) is 5.14 Å². The zero-order valence-corrected chi connectivity index (χ0v) is 13.4. The van der Waals surface area contributed by atoms with E-state index in [1.807, 2.05) is 0 Å². The number of benzene rings is 1. The highest BCUT2D eigenvalue weighted by Gasteiger charge is 2.20. The van der Waals surface area contributed by atoms with Crippen LogP contribution in [-0.4, -0.2) is 36.4 Å². The molecular formula is C14H14N4O5S. The van der Waals surface area contributed by atoms with Crippen molar-refractivity contribution in [3.05, 3.63) is 48.5 Å². The van der Waals surface area contributed by atoms with Crippen LogP contribution in [0.25, 0.3) is 0 Å². The zero-order chi connectivity index (χ0) is 17.7. The highest BCUT2D eigenvalue weighted by molar-refractivity contribution is 7.89. The summed E-state index contributed by atoms with van der Waals surface area (Å²) in [6.45, 7) is 1.39. The monoisotopic (exact) mass is 350 g/mol. The molecule has 10 heteroatoms. The topological polar surface area (TPSA) is 141 Å². The van der Waals surface area contributed by atoms with Crippen molar-refractivity contribution in [3.63, 3.8) is 0 Å². The van der Waals surface area contributed by atoms with Gasteiger partial charge in [0.2, 0.25) is 10.0 Å². The van der Waals surface area contributed by atoms with Gasteiger partial charge in [-0.15, -0.1) is 0 Å². The second-order valence-electron chi connectivity index (χ2n) is 4.70. The van der Waals surface area contributed by atoms with Crippen molar-refractivity contribution in [2.45, 2.75) is 17.9 Å². The Balaban J connectivity index is 1.98. The predicted octanol–water partition coefficient (Wildman–Crippen LogP) is 0.308. The van der Waals surface area contributed by atoms with E-state index in [2.05, 4.69) is 15.3 Å². The summed E-state index contributed by atoms with van der Waals surface area (Å²) in [5.74, 6) is -1.37. The SMILES string of the molecule is C[C@H](OC(=O)c1cnccn1)C(=O)Nc1ccc(S(N)(=O)=O)cc1. The molecule has 24 heavy (non-hydrogen) atoms. The molecule has 1 heterocycles. The lowest BCUT2D eigenvalue weighted by Gasteiger charge is -2.13. The first-order valence-corrected chi connectivity index (χ1v) is 8.23. The number of anilines is 1. The van der Waals surface area contributed by atoms with Gasteiger partial charge in [0.15, 0.2) is 11.8 Å². The fraction of sp³-hybridized carbons (Fsp3) is 0.143. The van der Waals surface area contributed by atoms with Gasteiger partial charge in [0.25, 0.3) is 5.91 Å². The first-order valence-electron chi connectivity index (χ1n) is 6.68. The van der Waals surface area contributed by atoms with Gasteiger partial charge in [-0.05, 0) is 31.2 Å². The van der Waals surface area contributed by atoms with Crippen molar-refractivity contribution in [1.82, 2.24) is 9.97 Å². The number of aromatic nitrogens is 2. The average molecular weight is 350 g/mol. The number of amides is 1. The van der Waals surface area contributed by atoms with E-state index in [1.54, 1.807) is 0 Å². The highest BCUT2D eigenvalue weighted by Crippen LogP contribution is 2.13. The minimum Gasteiger partial charge on any atom is -0.448 e. The molecule has 0 radical (unpaired) electrons. The quantitative estimate of drug-likeness (QED) is 0.739. The Morgan fingerprint density at radius 3 is 2.42 bits per heavy atom. The van der Waals surface area contributed by atoms with Gasteiger partial charge in [-0.3, -0.25) is 9.78 Å². The third kappa shape index (κ3) is 4.57. The van der Waals surface area contributed by atoms with Gasteiger partial charge >= 0.3 is 5.97 Å². The molecule has 0 unspecified atom stereocenters. The molecule has 0 fully saturated rings. The number of nitrogens with zero attached hydrogens (tertiary/aromatic N) is 2. The molecule has 0 saturated heterocycles. The van der Waals surface area contributed by atoms with Crippen LogP contribution in [0.3, 0.4) is 0 Å². The summed E-state index contributed by atoms with van der Waals surface area (Å²) in [7, 11) is -3.81. The lowest BCUT2D eigenvalue weighted by molar-refractivity contribution is -0.123. The van der Waals surface area contributed by atoms with Crippen LogP contribution in [-0.2, 0) is 19.6 Å². The van der Waals surface area contributed by atoms with Gasteiger partial charge in [-0.2, -0.15) is 0 Å². The summed E-state index contributed by atoms with van der Waals surface area (Å²) in [6, 6.07) is 5.24. The van der Waals surface area contributed by atoms with E-state index in [1.165, 1.54) is 49.8 Å². The Hall–Kier alpha value is -2.85. The molecule has 1 aromatic heterocycles. The van der Waals surface area contributed by atoms with E-state index < -0.39 is 28.0 Å². The van der Waals surface area contributed by atoms with Crippen LogP contribution in [0.1, 0.15) is 17.4 Å². The number of carbonyl (C=O) groups is 2. The second-order valence-corrected chi connectivity index (χ2v) is 6.26. The molecule has 0 saturated carbocycles. The van der Waals surface area contributed by atoms with Gasteiger partial charge in [0, 0.05) is 18.1 Å². The number of hydrogen-bond acceptors (Lipinski definition) is 7. The molecule has 0 spiro atoms. The van der Waals surface area contributed by atoms with Crippen LogP contribution in [0.2, 0.25) is 0 Å². The lowest BCUT2D eigenvalue weighted by Crippen LogP contribution is -2.30. The number of hydrogen-bond donors (Lipinski definition) is 2. The van der Waals surface area contributed by atoms with E-state index in [0.29, 0.717) is 5.69 Å². The molecule has 0 aliphatic heterocycles. The summed E-state index contributed by atoms with van der Waals surface area (Å²) in [4.78, 5) is 31.2. The molecule has 3 N–H and O–H groups in total. The number of primary sulfonamides is 1. The standard InChI is InChI=1S/C14H14N4O5S/c1-9(23-14(20)12-8-16-6-7-17-12)13(19)18-10-2-4-11(5-3-10)24(15,21)22/h2-9H,1H3,(H,18,19)(H2,15,21,22)/t9-/m0/s1. The molecule has 0 aliphatic carbocycles. The van der Waals surface area contributed by atoms with E-state index in [-0.39, 0.29) is 10.6 Å². The molecule has 0 bridgehead atoms. The van der Waals surface area contributed by atoms with Crippen molar-refractivity contribution >= 4 is 27.6 Å². The maximum atomic E-state index is 12.0. The van der Waals surface area contributed by atoms with Crippen molar-refractivity contribution < 1.29 is 22.7 Å². The van der Waals surface area contributed by atoms with Crippen molar-refractivity contribution in [3.8, 4) is 0 Å². The first kappa shape index (κ1) is 17.5. The average Bonchev–Trinajstić information content (AvgIpc) is 2.55. The smallest absolute Gasteiger partial charge is 0.359 e. The molecule has 1 amide bonds. The Kier molecular flexibility index (Phi) is 5.21. The van der Waals surface area contributed by atoms with Gasteiger partial charge in [0.05, 0.1) is 11.1 Å². The van der Waals surface area contributed by atoms with E-state index in [0.717, 1.165) is 0 Å².